The van der Waals surface area contributed by atoms with E-state index in [1.54, 1.807) is 24.3 Å². The molecule has 0 atom stereocenters. The topological polar surface area (TPSA) is 97.6 Å². The van der Waals surface area contributed by atoms with Crippen molar-refractivity contribution in [3.8, 4) is 5.75 Å². The first-order valence-corrected chi connectivity index (χ1v) is 8.64. The molecule has 7 heteroatoms. The van der Waals surface area contributed by atoms with E-state index < -0.39 is 5.63 Å². The molecule has 0 saturated carbocycles. The maximum absolute atomic E-state index is 12.6. The maximum atomic E-state index is 12.6. The first-order chi connectivity index (χ1) is 13.4. The summed E-state index contributed by atoms with van der Waals surface area (Å²) in [5.41, 5.74) is 2.41. The molecule has 7 nitrogen and oxygen atoms in total. The molecule has 0 saturated heterocycles. The summed E-state index contributed by atoms with van der Waals surface area (Å²) in [4.78, 5) is 35.7. The van der Waals surface area contributed by atoms with Gasteiger partial charge in [-0.1, -0.05) is 12.1 Å². The molecule has 0 fully saturated rings. The standard InChI is InChI=1S/C21H20N2O5/c1-12-4-6-16-14(10-21(26)28-19(16)8-12)9-20(25)23-17-11-15(22-13(2)24)5-7-18(17)27-3/h4-8,10-11H,9H2,1-3H3,(H,22,24)(H,23,25). The van der Waals surface area contributed by atoms with Gasteiger partial charge in [-0.2, -0.15) is 0 Å². The Balaban J connectivity index is 1.88. The molecule has 0 aliphatic carbocycles. The van der Waals surface area contributed by atoms with Crippen LogP contribution in [0.5, 0.6) is 5.75 Å². The van der Waals surface area contributed by atoms with Crippen LogP contribution >= 0.6 is 0 Å². The molecule has 2 aromatic carbocycles. The Morgan fingerprint density at radius 2 is 1.86 bits per heavy atom. The van der Waals surface area contributed by atoms with E-state index in [1.807, 2.05) is 19.1 Å². The minimum atomic E-state index is -0.508. The van der Waals surface area contributed by atoms with E-state index in [0.717, 1.165) is 5.56 Å². The summed E-state index contributed by atoms with van der Waals surface area (Å²) in [6, 6.07) is 11.7. The summed E-state index contributed by atoms with van der Waals surface area (Å²) in [5, 5.41) is 6.14. The molecule has 1 aromatic heterocycles. The molecule has 3 aromatic rings. The maximum Gasteiger partial charge on any atom is 0.336 e. The van der Waals surface area contributed by atoms with Gasteiger partial charge in [0.1, 0.15) is 11.3 Å². The molecule has 0 bridgehead atoms. The summed E-state index contributed by atoms with van der Waals surface area (Å²) in [6.45, 7) is 3.30. The second-order valence-corrected chi connectivity index (χ2v) is 6.41. The van der Waals surface area contributed by atoms with Crippen molar-refractivity contribution in [1.82, 2.24) is 0 Å². The predicted molar refractivity (Wildman–Crippen MR) is 107 cm³/mol. The van der Waals surface area contributed by atoms with Crippen LogP contribution < -0.4 is 21.0 Å². The third-order valence-corrected chi connectivity index (χ3v) is 4.13. The monoisotopic (exact) mass is 380 g/mol. The van der Waals surface area contributed by atoms with Gasteiger partial charge >= 0.3 is 5.63 Å². The zero-order valence-electron chi connectivity index (χ0n) is 15.8. The Labute approximate surface area is 161 Å². The van der Waals surface area contributed by atoms with Gasteiger partial charge in [0, 0.05) is 24.1 Å². The Morgan fingerprint density at radius 1 is 1.07 bits per heavy atom. The largest absolute Gasteiger partial charge is 0.495 e. The lowest BCUT2D eigenvalue weighted by molar-refractivity contribution is -0.115. The third kappa shape index (κ3) is 4.37. The number of benzene rings is 2. The van der Waals surface area contributed by atoms with Gasteiger partial charge in [0.15, 0.2) is 0 Å². The summed E-state index contributed by atoms with van der Waals surface area (Å²) in [7, 11) is 1.49. The number of carbonyl (C=O) groups excluding carboxylic acids is 2. The summed E-state index contributed by atoms with van der Waals surface area (Å²) >= 11 is 0. The van der Waals surface area contributed by atoms with Gasteiger partial charge in [0.2, 0.25) is 11.8 Å². The second-order valence-electron chi connectivity index (χ2n) is 6.41. The molecule has 2 amide bonds. The number of hydrogen-bond acceptors (Lipinski definition) is 5. The molecular formula is C21H20N2O5. The fourth-order valence-electron chi connectivity index (χ4n) is 2.94. The number of hydrogen-bond donors (Lipinski definition) is 2. The number of aryl methyl sites for hydroxylation is 1. The van der Waals surface area contributed by atoms with Crippen LogP contribution in [0.15, 0.2) is 51.7 Å². The lowest BCUT2D eigenvalue weighted by Crippen LogP contribution is -2.17. The number of carbonyl (C=O) groups is 2. The number of fused-ring (bicyclic) bond motifs is 1. The van der Waals surface area contributed by atoms with E-state index >= 15 is 0 Å². The summed E-state index contributed by atoms with van der Waals surface area (Å²) in [6.07, 6.45) is -0.0152. The van der Waals surface area contributed by atoms with Gasteiger partial charge in [-0.05, 0) is 42.3 Å². The minimum Gasteiger partial charge on any atom is -0.495 e. The highest BCUT2D eigenvalue weighted by molar-refractivity contribution is 5.97. The van der Waals surface area contributed by atoms with Crippen LogP contribution in [0.4, 0.5) is 11.4 Å². The van der Waals surface area contributed by atoms with Gasteiger partial charge in [-0.25, -0.2) is 4.79 Å². The number of anilines is 2. The zero-order chi connectivity index (χ0) is 20.3. The second kappa shape index (κ2) is 7.96. The van der Waals surface area contributed by atoms with E-state index in [2.05, 4.69) is 10.6 Å². The summed E-state index contributed by atoms with van der Waals surface area (Å²) in [5.74, 6) is -0.0959. The first kappa shape index (κ1) is 19.2. The highest BCUT2D eigenvalue weighted by Crippen LogP contribution is 2.28. The molecule has 0 aliphatic heterocycles. The highest BCUT2D eigenvalue weighted by Gasteiger charge is 2.13. The van der Waals surface area contributed by atoms with Crippen molar-refractivity contribution in [1.29, 1.82) is 0 Å². The van der Waals surface area contributed by atoms with Crippen LogP contribution in [0, 0.1) is 6.92 Å². The Kier molecular flexibility index (Phi) is 5.44. The van der Waals surface area contributed by atoms with Crippen molar-refractivity contribution in [3.63, 3.8) is 0 Å². The first-order valence-electron chi connectivity index (χ1n) is 8.64. The van der Waals surface area contributed by atoms with Crippen LogP contribution in [-0.4, -0.2) is 18.9 Å². The van der Waals surface area contributed by atoms with Crippen molar-refractivity contribution in [2.24, 2.45) is 0 Å². The normalized spacial score (nSPS) is 10.5. The molecule has 2 N–H and O–H groups in total. The van der Waals surface area contributed by atoms with Crippen LogP contribution in [0.25, 0.3) is 11.0 Å². The molecule has 0 aliphatic rings. The number of nitrogens with one attached hydrogen (secondary N) is 2. The van der Waals surface area contributed by atoms with Gasteiger partial charge in [-0.3, -0.25) is 9.59 Å². The number of amides is 2. The Morgan fingerprint density at radius 3 is 2.57 bits per heavy atom. The quantitative estimate of drug-likeness (QED) is 0.662. The van der Waals surface area contributed by atoms with Gasteiger partial charge in [0.05, 0.1) is 19.2 Å². The minimum absolute atomic E-state index is 0.0152. The summed E-state index contributed by atoms with van der Waals surface area (Å²) < 4.78 is 10.5. The van der Waals surface area contributed by atoms with Crippen molar-refractivity contribution in [2.75, 3.05) is 17.7 Å². The van der Waals surface area contributed by atoms with Crippen molar-refractivity contribution >= 4 is 34.2 Å². The van der Waals surface area contributed by atoms with Gasteiger partial charge in [0.25, 0.3) is 0 Å². The fraction of sp³-hybridized carbons (Fsp3) is 0.190. The van der Waals surface area contributed by atoms with Crippen LogP contribution in [-0.2, 0) is 16.0 Å². The number of rotatable bonds is 5. The third-order valence-electron chi connectivity index (χ3n) is 4.13. The van der Waals surface area contributed by atoms with Crippen molar-refractivity contribution in [2.45, 2.75) is 20.3 Å². The highest BCUT2D eigenvalue weighted by atomic mass is 16.5. The SMILES string of the molecule is COc1ccc(NC(C)=O)cc1NC(=O)Cc1cc(=O)oc2cc(C)ccc12. The van der Waals surface area contributed by atoms with E-state index in [-0.39, 0.29) is 18.2 Å². The lowest BCUT2D eigenvalue weighted by atomic mass is 10.1. The molecular weight excluding hydrogens is 360 g/mol. The van der Waals surface area contributed by atoms with E-state index in [4.69, 9.17) is 9.15 Å². The molecule has 0 unspecified atom stereocenters. The molecule has 0 spiro atoms. The fourth-order valence-corrected chi connectivity index (χ4v) is 2.94. The van der Waals surface area contributed by atoms with E-state index in [1.165, 1.54) is 20.1 Å². The van der Waals surface area contributed by atoms with E-state index in [9.17, 15) is 14.4 Å². The van der Waals surface area contributed by atoms with Crippen LogP contribution in [0.3, 0.4) is 0 Å². The van der Waals surface area contributed by atoms with Gasteiger partial charge < -0.3 is 19.8 Å². The number of ether oxygens (including phenoxy) is 1. The molecule has 0 radical (unpaired) electrons. The lowest BCUT2D eigenvalue weighted by Gasteiger charge is -2.13. The molecule has 144 valence electrons. The molecule has 1 heterocycles. The van der Waals surface area contributed by atoms with Crippen LogP contribution in [0.2, 0.25) is 0 Å². The van der Waals surface area contributed by atoms with E-state index in [0.29, 0.717) is 33.7 Å². The van der Waals surface area contributed by atoms with Gasteiger partial charge in [-0.15, -0.1) is 0 Å². The number of methoxy groups -OCH3 is 1. The molecule has 28 heavy (non-hydrogen) atoms. The van der Waals surface area contributed by atoms with Crippen molar-refractivity contribution in [3.05, 3.63) is 64.0 Å². The Hall–Kier alpha value is -3.61. The average Bonchev–Trinajstić information content (AvgIpc) is 2.60. The van der Waals surface area contributed by atoms with Crippen molar-refractivity contribution < 1.29 is 18.7 Å². The van der Waals surface area contributed by atoms with Crippen LogP contribution in [0.1, 0.15) is 18.1 Å². The Bertz CT molecular complexity index is 1120. The zero-order valence-corrected chi connectivity index (χ0v) is 15.8. The molecule has 3 rings (SSSR count). The predicted octanol–water partition coefficient (Wildman–Crippen LogP) is 3.25. The average molecular weight is 380 g/mol. The smallest absolute Gasteiger partial charge is 0.336 e.